The maximum Gasteiger partial charge on any atom is 0.00761 e. The molecule has 7 aliphatic carbocycles. The van der Waals surface area contributed by atoms with E-state index in [-0.39, 0.29) is 0 Å². The number of benzene rings is 1. The molecule has 44 heavy (non-hydrogen) atoms. The van der Waals surface area contributed by atoms with E-state index in [9.17, 15) is 0 Å². The zero-order valence-corrected chi connectivity index (χ0v) is 28.1. The highest BCUT2D eigenvalue weighted by Crippen LogP contribution is 2.42. The fourth-order valence-electron chi connectivity index (χ4n) is 6.50. The SMILES string of the molecule is C1=CC2CCC1C2.C1=CCC=CC1.C1=CCCC=C1.C1=CCCCC=1.CC1CC2C=CC1C2.CN[C@@H](C)Cc1ccccc1. The molecule has 5 unspecified atom stereocenters. The van der Waals surface area contributed by atoms with Gasteiger partial charge >= 0.3 is 0 Å². The molecule has 1 heteroatoms. The minimum absolute atomic E-state index is 0.567. The largest absolute Gasteiger partial charge is 0.317 e. The molecule has 2 fully saturated rings. The van der Waals surface area contributed by atoms with E-state index in [0.717, 1.165) is 48.9 Å². The molecule has 0 aliphatic heterocycles. The highest BCUT2D eigenvalue weighted by atomic mass is 14.8. The summed E-state index contributed by atoms with van der Waals surface area (Å²) in [4.78, 5) is 0. The van der Waals surface area contributed by atoms with E-state index in [1.54, 1.807) is 0 Å². The summed E-state index contributed by atoms with van der Waals surface area (Å²) in [6, 6.07) is 11.1. The van der Waals surface area contributed by atoms with Gasteiger partial charge in [-0.3, -0.25) is 0 Å². The quantitative estimate of drug-likeness (QED) is 0.272. The van der Waals surface area contributed by atoms with Crippen molar-refractivity contribution in [2.45, 2.75) is 103 Å². The third-order valence-corrected chi connectivity index (χ3v) is 9.35. The first-order valence-corrected chi connectivity index (χ1v) is 17.7. The Labute approximate surface area is 271 Å². The number of nitrogens with one attached hydrogen (secondary N) is 1. The minimum atomic E-state index is 0.567. The van der Waals surface area contributed by atoms with Crippen LogP contribution in [0.4, 0.5) is 0 Å². The molecule has 0 aromatic heterocycles. The molecule has 1 N–H and O–H groups in total. The van der Waals surface area contributed by atoms with Crippen molar-refractivity contribution in [3.8, 4) is 0 Å². The zero-order valence-electron chi connectivity index (χ0n) is 28.1. The average Bonchev–Trinajstić information content (AvgIpc) is 3.94. The van der Waals surface area contributed by atoms with Gasteiger partial charge in [-0.15, -0.1) is 5.73 Å². The van der Waals surface area contributed by atoms with Gasteiger partial charge in [-0.05, 0) is 145 Å². The van der Waals surface area contributed by atoms with Gasteiger partial charge in [0.25, 0.3) is 0 Å². The Morgan fingerprint density at radius 1 is 0.705 bits per heavy atom. The van der Waals surface area contributed by atoms with Crippen LogP contribution in [0.3, 0.4) is 0 Å². The Bertz CT molecular complexity index is 1070. The normalized spacial score (nSPS) is 27.4. The van der Waals surface area contributed by atoms with Crippen LogP contribution in [0.2, 0.25) is 0 Å². The first kappa shape index (κ1) is 35.6. The topological polar surface area (TPSA) is 12.0 Å². The molecular weight excluding hydrogens is 530 g/mol. The number of hydrogen-bond donors (Lipinski definition) is 1. The lowest BCUT2D eigenvalue weighted by molar-refractivity contribution is 0.493. The van der Waals surface area contributed by atoms with Gasteiger partial charge in [0.05, 0.1) is 0 Å². The first-order valence-electron chi connectivity index (χ1n) is 17.7. The smallest absolute Gasteiger partial charge is 0.00761 e. The van der Waals surface area contributed by atoms with Crippen molar-refractivity contribution in [1.29, 1.82) is 0 Å². The van der Waals surface area contributed by atoms with Crippen LogP contribution in [-0.4, -0.2) is 13.1 Å². The summed E-state index contributed by atoms with van der Waals surface area (Å²) in [6.45, 7) is 4.56. The van der Waals surface area contributed by atoms with E-state index in [1.165, 1.54) is 69.8 Å². The molecule has 7 aliphatic rings. The number of allylic oxidation sites excluding steroid dienone is 13. The third-order valence-electron chi connectivity index (χ3n) is 9.35. The molecule has 6 atom stereocenters. The summed E-state index contributed by atoms with van der Waals surface area (Å²) in [6.07, 6.45) is 48.0. The van der Waals surface area contributed by atoms with Gasteiger partial charge < -0.3 is 5.32 Å². The van der Waals surface area contributed by atoms with Crippen LogP contribution in [0, 0.1) is 29.6 Å². The van der Waals surface area contributed by atoms with Crippen molar-refractivity contribution in [3.05, 3.63) is 127 Å². The Balaban J connectivity index is 0.000000146. The van der Waals surface area contributed by atoms with Gasteiger partial charge in [0.15, 0.2) is 0 Å². The summed E-state index contributed by atoms with van der Waals surface area (Å²) in [7, 11) is 1.99. The lowest BCUT2D eigenvalue weighted by atomic mass is 9.96. The second-order valence-corrected chi connectivity index (χ2v) is 13.2. The Morgan fingerprint density at radius 2 is 1.30 bits per heavy atom. The predicted molar refractivity (Wildman–Crippen MR) is 195 cm³/mol. The molecule has 8 rings (SSSR count). The van der Waals surface area contributed by atoms with Crippen molar-refractivity contribution >= 4 is 0 Å². The van der Waals surface area contributed by atoms with E-state index in [4.69, 9.17) is 0 Å². The highest BCUT2D eigenvalue weighted by molar-refractivity contribution is 5.15. The molecule has 1 aromatic carbocycles. The van der Waals surface area contributed by atoms with Gasteiger partial charge in [-0.1, -0.05) is 110 Å². The van der Waals surface area contributed by atoms with Crippen LogP contribution in [-0.2, 0) is 6.42 Å². The summed E-state index contributed by atoms with van der Waals surface area (Å²) < 4.78 is 0. The van der Waals surface area contributed by atoms with E-state index in [1.807, 2.05) is 13.1 Å². The van der Waals surface area contributed by atoms with E-state index in [0.29, 0.717) is 6.04 Å². The van der Waals surface area contributed by atoms with Gasteiger partial charge in [-0.25, -0.2) is 0 Å². The van der Waals surface area contributed by atoms with Crippen molar-refractivity contribution in [2.75, 3.05) is 7.05 Å². The molecule has 4 bridgehead atoms. The second-order valence-electron chi connectivity index (χ2n) is 13.2. The molecule has 0 amide bonds. The Morgan fingerprint density at radius 3 is 1.57 bits per heavy atom. The fourth-order valence-corrected chi connectivity index (χ4v) is 6.50. The van der Waals surface area contributed by atoms with E-state index < -0.39 is 0 Å². The minimum Gasteiger partial charge on any atom is -0.317 e. The monoisotopic (exact) mass is 591 g/mol. The van der Waals surface area contributed by atoms with Crippen LogP contribution < -0.4 is 5.32 Å². The van der Waals surface area contributed by atoms with Crippen LogP contribution in [0.25, 0.3) is 0 Å². The number of hydrogen-bond acceptors (Lipinski definition) is 1. The highest BCUT2D eigenvalue weighted by Gasteiger charge is 2.32. The number of fused-ring (bicyclic) bond motifs is 4. The lowest BCUT2D eigenvalue weighted by Crippen LogP contribution is -2.23. The van der Waals surface area contributed by atoms with Crippen molar-refractivity contribution in [3.63, 3.8) is 0 Å². The molecule has 0 radical (unpaired) electrons. The van der Waals surface area contributed by atoms with Crippen molar-refractivity contribution in [2.24, 2.45) is 29.6 Å². The van der Waals surface area contributed by atoms with Gasteiger partial charge in [0.1, 0.15) is 0 Å². The standard InChI is InChI=1S/C10H15N.C8H12.C7H10.3C6H8/c1-9(11-2)8-10-6-4-3-5-7-10;1-6-4-7-2-3-8(6)5-7;1-2-7-4-3-6(1)5-7;3*1-2-4-6-5-3-1/h3-7,9,11H,8H2,1-2H3;2-3,6-8H,4-5H2,1H3;1-2,6-7H,3-5H2;1,5H,2,4,6H2;1-2,5-6H,3-4H2;1-4H,5-6H2/t9-;;;;;/m0...../s1. The van der Waals surface area contributed by atoms with E-state index >= 15 is 0 Å². The fraction of sp³-hybridized carbons (Fsp3) is 0.512. The summed E-state index contributed by atoms with van der Waals surface area (Å²) in [5.41, 5.74) is 4.43. The van der Waals surface area contributed by atoms with Gasteiger partial charge in [-0.2, -0.15) is 0 Å². The molecule has 2 saturated carbocycles. The zero-order chi connectivity index (χ0) is 31.1. The van der Waals surface area contributed by atoms with E-state index in [2.05, 4.69) is 134 Å². The molecule has 0 heterocycles. The van der Waals surface area contributed by atoms with Crippen LogP contribution in [0.1, 0.15) is 96.5 Å². The van der Waals surface area contributed by atoms with Crippen molar-refractivity contribution in [1.82, 2.24) is 5.32 Å². The molecule has 0 spiro atoms. The van der Waals surface area contributed by atoms with Gasteiger partial charge in [0, 0.05) is 6.04 Å². The molecule has 0 saturated heterocycles. The summed E-state index contributed by atoms with van der Waals surface area (Å²) in [5, 5.41) is 3.21. The first-order chi connectivity index (χ1) is 21.6. The maximum atomic E-state index is 3.21. The predicted octanol–water partition coefficient (Wildman–Crippen LogP) is 11.7. The lowest BCUT2D eigenvalue weighted by Gasteiger charge is -2.09. The summed E-state index contributed by atoms with van der Waals surface area (Å²) >= 11 is 0. The average molecular weight is 592 g/mol. The van der Waals surface area contributed by atoms with Crippen LogP contribution in [0.15, 0.2) is 121 Å². The van der Waals surface area contributed by atoms with Crippen LogP contribution in [0.5, 0.6) is 0 Å². The second kappa shape index (κ2) is 22.6. The summed E-state index contributed by atoms with van der Waals surface area (Å²) in [5.74, 6) is 4.90. The van der Waals surface area contributed by atoms with Crippen LogP contribution >= 0.6 is 0 Å². The van der Waals surface area contributed by atoms with Crippen molar-refractivity contribution < 1.29 is 0 Å². The molecule has 1 nitrogen and oxygen atoms in total. The Hall–Kier alpha value is -2.86. The number of rotatable bonds is 3. The number of likely N-dealkylation sites (N-methyl/N-ethyl adjacent to an activating group) is 1. The maximum absolute atomic E-state index is 3.21. The van der Waals surface area contributed by atoms with Gasteiger partial charge in [0.2, 0.25) is 0 Å². The molecule has 1 aromatic rings. The molecular formula is C43H61N. The third kappa shape index (κ3) is 15.7. The Kier molecular flexibility index (Phi) is 18.3. The molecule has 238 valence electrons.